The molecule has 0 aliphatic heterocycles. The van der Waals surface area contributed by atoms with Gasteiger partial charge in [0, 0.05) is 25.5 Å². The van der Waals surface area contributed by atoms with E-state index in [4.69, 9.17) is 0 Å². The first kappa shape index (κ1) is 15.3. The summed E-state index contributed by atoms with van der Waals surface area (Å²) in [6.45, 7) is 2.52. The average molecular weight is 291 g/mol. The van der Waals surface area contributed by atoms with Gasteiger partial charge in [-0.05, 0) is 37.0 Å². The highest BCUT2D eigenvalue weighted by Gasteiger charge is 2.41. The molecule has 3 N–H and O–H groups in total. The number of aromatic nitrogens is 1. The first-order valence-electron chi connectivity index (χ1n) is 7.18. The van der Waals surface area contributed by atoms with Crippen molar-refractivity contribution in [2.24, 2.45) is 5.41 Å². The molecule has 1 aliphatic carbocycles. The second kappa shape index (κ2) is 6.56. The Kier molecular flexibility index (Phi) is 4.77. The zero-order chi connectivity index (χ0) is 15.3. The molecular weight excluding hydrogens is 270 g/mol. The van der Waals surface area contributed by atoms with E-state index in [2.05, 4.69) is 15.6 Å². The van der Waals surface area contributed by atoms with Crippen molar-refractivity contribution in [2.75, 3.05) is 6.54 Å². The van der Waals surface area contributed by atoms with Crippen LogP contribution in [0.5, 0.6) is 0 Å². The van der Waals surface area contributed by atoms with Gasteiger partial charge < -0.3 is 15.7 Å². The molecule has 0 unspecified atom stereocenters. The molecule has 1 aliphatic rings. The van der Waals surface area contributed by atoms with Crippen molar-refractivity contribution in [3.05, 3.63) is 29.6 Å². The van der Waals surface area contributed by atoms with Crippen molar-refractivity contribution in [2.45, 2.75) is 39.2 Å². The third-order valence-electron chi connectivity index (χ3n) is 4.18. The number of carboxylic acids is 1. The van der Waals surface area contributed by atoms with E-state index in [-0.39, 0.29) is 12.6 Å². The summed E-state index contributed by atoms with van der Waals surface area (Å²) in [5, 5.41) is 14.8. The Morgan fingerprint density at radius 1 is 1.33 bits per heavy atom. The minimum Gasteiger partial charge on any atom is -0.481 e. The van der Waals surface area contributed by atoms with Crippen LogP contribution in [0.3, 0.4) is 0 Å². The topological polar surface area (TPSA) is 91.3 Å². The van der Waals surface area contributed by atoms with Crippen molar-refractivity contribution in [1.29, 1.82) is 0 Å². The maximum absolute atomic E-state index is 11.8. The average Bonchev–Trinajstić information content (AvgIpc) is 2.94. The lowest BCUT2D eigenvalue weighted by molar-refractivity contribution is -0.148. The third kappa shape index (κ3) is 3.71. The van der Waals surface area contributed by atoms with Gasteiger partial charge in [0.25, 0.3) is 0 Å². The molecule has 1 aromatic heterocycles. The van der Waals surface area contributed by atoms with Gasteiger partial charge in [-0.25, -0.2) is 4.79 Å². The van der Waals surface area contributed by atoms with Gasteiger partial charge in [0.15, 0.2) is 0 Å². The Morgan fingerprint density at radius 2 is 2.05 bits per heavy atom. The van der Waals surface area contributed by atoms with Crippen molar-refractivity contribution in [1.82, 2.24) is 15.6 Å². The van der Waals surface area contributed by atoms with E-state index in [9.17, 15) is 14.7 Å². The fraction of sp³-hybridized carbons (Fsp3) is 0.533. The van der Waals surface area contributed by atoms with Crippen LogP contribution in [0.1, 0.15) is 36.8 Å². The maximum atomic E-state index is 11.8. The van der Waals surface area contributed by atoms with Crippen LogP contribution in [0.25, 0.3) is 0 Å². The summed E-state index contributed by atoms with van der Waals surface area (Å²) in [6, 6.07) is 1.52. The van der Waals surface area contributed by atoms with E-state index in [0.29, 0.717) is 19.4 Å². The lowest BCUT2D eigenvalue weighted by atomic mass is 9.86. The number of aliphatic carboxylic acids is 1. The molecule has 0 saturated heterocycles. The maximum Gasteiger partial charge on any atom is 0.315 e. The quantitative estimate of drug-likeness (QED) is 0.772. The second-order valence-corrected chi connectivity index (χ2v) is 5.63. The Balaban J connectivity index is 1.82. The Bertz CT molecular complexity index is 525. The molecule has 114 valence electrons. The van der Waals surface area contributed by atoms with E-state index in [0.717, 1.165) is 24.0 Å². The van der Waals surface area contributed by atoms with Crippen LogP contribution in [-0.4, -0.2) is 28.6 Å². The number of carbonyl (C=O) groups is 2. The van der Waals surface area contributed by atoms with E-state index < -0.39 is 11.4 Å². The molecule has 0 radical (unpaired) electrons. The highest BCUT2D eigenvalue weighted by Crippen LogP contribution is 2.37. The number of urea groups is 1. The summed E-state index contributed by atoms with van der Waals surface area (Å²) >= 11 is 0. The van der Waals surface area contributed by atoms with Crippen LogP contribution in [-0.2, 0) is 11.3 Å². The zero-order valence-electron chi connectivity index (χ0n) is 12.2. The molecule has 1 saturated carbocycles. The first-order chi connectivity index (χ1) is 10.0. The van der Waals surface area contributed by atoms with Crippen LogP contribution in [0.4, 0.5) is 4.79 Å². The summed E-state index contributed by atoms with van der Waals surface area (Å²) < 4.78 is 0. The summed E-state index contributed by atoms with van der Waals surface area (Å²) in [5.74, 6) is -0.815. The number of hydrogen-bond donors (Lipinski definition) is 3. The molecule has 0 aromatic carbocycles. The smallest absolute Gasteiger partial charge is 0.315 e. The SMILES string of the molecule is Cc1cnccc1CNC(=O)NCC1(C(=O)O)CCCC1. The van der Waals surface area contributed by atoms with E-state index in [1.54, 1.807) is 12.4 Å². The van der Waals surface area contributed by atoms with Gasteiger partial charge >= 0.3 is 12.0 Å². The van der Waals surface area contributed by atoms with Gasteiger partial charge in [0.05, 0.1) is 5.41 Å². The first-order valence-corrected chi connectivity index (χ1v) is 7.18. The van der Waals surface area contributed by atoms with E-state index in [1.165, 1.54) is 0 Å². The fourth-order valence-corrected chi connectivity index (χ4v) is 2.71. The van der Waals surface area contributed by atoms with Crippen LogP contribution < -0.4 is 10.6 Å². The molecule has 0 bridgehead atoms. The molecule has 1 aromatic rings. The van der Waals surface area contributed by atoms with Crippen LogP contribution in [0, 0.1) is 12.3 Å². The lowest BCUT2D eigenvalue weighted by Gasteiger charge is -2.24. The summed E-state index contributed by atoms with van der Waals surface area (Å²) in [7, 11) is 0. The number of carboxylic acid groups (broad SMARTS) is 1. The van der Waals surface area contributed by atoms with Gasteiger partial charge in [0.1, 0.15) is 0 Å². The van der Waals surface area contributed by atoms with Gasteiger partial charge in [-0.15, -0.1) is 0 Å². The molecule has 0 atom stereocenters. The zero-order valence-corrected chi connectivity index (χ0v) is 12.2. The predicted octanol–water partition coefficient (Wildman–Crippen LogP) is 1.83. The third-order valence-corrected chi connectivity index (χ3v) is 4.18. The summed E-state index contributed by atoms with van der Waals surface area (Å²) in [4.78, 5) is 27.2. The van der Waals surface area contributed by atoms with Gasteiger partial charge in [0.2, 0.25) is 0 Å². The normalized spacial score (nSPS) is 16.4. The lowest BCUT2D eigenvalue weighted by Crippen LogP contribution is -2.44. The molecule has 1 fully saturated rings. The van der Waals surface area contributed by atoms with Gasteiger partial charge in [-0.2, -0.15) is 0 Å². The highest BCUT2D eigenvalue weighted by molar-refractivity contribution is 5.78. The molecular formula is C15H21N3O3. The summed E-state index contributed by atoms with van der Waals surface area (Å²) in [5.41, 5.74) is 1.22. The van der Waals surface area contributed by atoms with Crippen LogP contribution >= 0.6 is 0 Å². The minimum atomic E-state index is -0.815. The largest absolute Gasteiger partial charge is 0.481 e. The molecule has 0 spiro atoms. The fourth-order valence-electron chi connectivity index (χ4n) is 2.71. The number of amides is 2. The predicted molar refractivity (Wildman–Crippen MR) is 77.7 cm³/mol. The molecule has 1 heterocycles. The molecule has 21 heavy (non-hydrogen) atoms. The highest BCUT2D eigenvalue weighted by atomic mass is 16.4. The van der Waals surface area contributed by atoms with Crippen molar-refractivity contribution >= 4 is 12.0 Å². The van der Waals surface area contributed by atoms with Crippen molar-refractivity contribution < 1.29 is 14.7 Å². The number of pyridine rings is 1. The second-order valence-electron chi connectivity index (χ2n) is 5.63. The molecule has 6 heteroatoms. The number of rotatable bonds is 5. The van der Waals surface area contributed by atoms with E-state index >= 15 is 0 Å². The Labute approximate surface area is 124 Å². The molecule has 2 amide bonds. The standard InChI is InChI=1S/C15H21N3O3/c1-11-8-16-7-4-12(11)9-17-14(21)18-10-15(13(19)20)5-2-3-6-15/h4,7-8H,2-3,5-6,9-10H2,1H3,(H,19,20)(H2,17,18,21). The Hall–Kier alpha value is -2.11. The number of nitrogens with zero attached hydrogens (tertiary/aromatic N) is 1. The number of nitrogens with one attached hydrogen (secondary N) is 2. The van der Waals surface area contributed by atoms with E-state index in [1.807, 2.05) is 13.0 Å². The van der Waals surface area contributed by atoms with Gasteiger partial charge in [-0.3, -0.25) is 9.78 Å². The van der Waals surface area contributed by atoms with Crippen LogP contribution in [0.2, 0.25) is 0 Å². The van der Waals surface area contributed by atoms with Crippen molar-refractivity contribution in [3.8, 4) is 0 Å². The van der Waals surface area contributed by atoms with Crippen LogP contribution in [0.15, 0.2) is 18.5 Å². The molecule has 2 rings (SSSR count). The number of carbonyl (C=O) groups excluding carboxylic acids is 1. The summed E-state index contributed by atoms with van der Waals surface area (Å²) in [6.07, 6.45) is 6.50. The van der Waals surface area contributed by atoms with Crippen molar-refractivity contribution in [3.63, 3.8) is 0 Å². The Morgan fingerprint density at radius 3 is 2.67 bits per heavy atom. The number of aryl methyl sites for hydroxylation is 1. The van der Waals surface area contributed by atoms with Gasteiger partial charge in [-0.1, -0.05) is 12.8 Å². The number of hydrogen-bond acceptors (Lipinski definition) is 3. The molecule has 6 nitrogen and oxygen atoms in total. The minimum absolute atomic E-state index is 0.184. The monoisotopic (exact) mass is 291 g/mol.